The minimum absolute atomic E-state index is 0.0321. The number of aromatic nitrogens is 3. The predicted octanol–water partition coefficient (Wildman–Crippen LogP) is 3.69. The Bertz CT molecular complexity index is 1250. The third-order valence-electron chi connectivity index (χ3n) is 5.56. The number of fused-ring (bicyclic) bond motifs is 2. The zero-order chi connectivity index (χ0) is 19.3. The Morgan fingerprint density at radius 2 is 2.07 bits per heavy atom. The maximum absolute atomic E-state index is 14.4. The molecule has 1 saturated heterocycles. The van der Waals surface area contributed by atoms with Gasteiger partial charge in [-0.1, -0.05) is 6.07 Å². The maximum atomic E-state index is 14.4. The van der Waals surface area contributed by atoms with Gasteiger partial charge in [-0.25, -0.2) is 9.37 Å². The number of aryl methyl sites for hydroxylation is 1. The number of halogens is 1. The molecule has 1 aliphatic rings. The molecule has 0 amide bonds. The van der Waals surface area contributed by atoms with Crippen LogP contribution in [0.5, 0.6) is 0 Å². The minimum Gasteiger partial charge on any atom is -0.315 e. The quantitative estimate of drug-likeness (QED) is 0.581. The zero-order valence-electron chi connectivity index (χ0n) is 15.7. The number of imidazole rings is 1. The van der Waals surface area contributed by atoms with E-state index in [1.165, 1.54) is 6.07 Å². The van der Waals surface area contributed by atoms with Crippen LogP contribution in [0.2, 0.25) is 0 Å². The maximum Gasteiger partial charge on any atom is 0.258 e. The van der Waals surface area contributed by atoms with Crippen molar-refractivity contribution in [2.45, 2.75) is 25.8 Å². The molecule has 3 aromatic heterocycles. The summed E-state index contributed by atoms with van der Waals surface area (Å²) in [5.41, 5.74) is 2.75. The summed E-state index contributed by atoms with van der Waals surface area (Å²) < 4.78 is 18.0. The van der Waals surface area contributed by atoms with Crippen LogP contribution in [-0.2, 0) is 0 Å². The van der Waals surface area contributed by atoms with Crippen molar-refractivity contribution in [2.75, 3.05) is 13.1 Å². The van der Waals surface area contributed by atoms with Gasteiger partial charge >= 0.3 is 0 Å². The molecule has 5 nitrogen and oxygen atoms in total. The summed E-state index contributed by atoms with van der Waals surface area (Å²) in [5, 5.41) is 4.92. The molecule has 0 aliphatic carbocycles. The number of hydrogen-bond donors (Lipinski definition) is 1. The molecule has 1 N–H and O–H groups in total. The molecule has 0 spiro atoms. The van der Waals surface area contributed by atoms with E-state index >= 15 is 0 Å². The first kappa shape index (κ1) is 17.1. The van der Waals surface area contributed by atoms with Crippen molar-refractivity contribution in [3.63, 3.8) is 0 Å². The molecule has 0 saturated carbocycles. The number of nitrogens with zero attached hydrogens (tertiary/aromatic N) is 3. The molecule has 0 unspecified atom stereocenters. The van der Waals surface area contributed by atoms with Gasteiger partial charge in [-0.3, -0.25) is 4.79 Å². The van der Waals surface area contributed by atoms with Gasteiger partial charge in [0.25, 0.3) is 5.56 Å². The van der Waals surface area contributed by atoms with Crippen molar-refractivity contribution < 1.29 is 4.39 Å². The van der Waals surface area contributed by atoms with Gasteiger partial charge in [0.2, 0.25) is 0 Å². The number of nitrogens with one attached hydrogen (secondary N) is 1. The summed E-state index contributed by atoms with van der Waals surface area (Å²) in [6.45, 7) is 3.68. The Kier molecular flexibility index (Phi) is 4.02. The molecule has 1 aromatic carbocycles. The zero-order valence-corrected chi connectivity index (χ0v) is 15.7. The Labute approximate surface area is 161 Å². The van der Waals surface area contributed by atoms with Crippen molar-refractivity contribution >= 4 is 16.4 Å². The van der Waals surface area contributed by atoms with Crippen molar-refractivity contribution in [1.29, 1.82) is 0 Å². The number of pyridine rings is 2. The second kappa shape index (κ2) is 6.56. The van der Waals surface area contributed by atoms with Crippen LogP contribution in [0.4, 0.5) is 4.39 Å². The van der Waals surface area contributed by atoms with Gasteiger partial charge in [0.15, 0.2) is 11.5 Å². The molecule has 1 aliphatic heterocycles. The van der Waals surface area contributed by atoms with Crippen molar-refractivity contribution in [1.82, 2.24) is 19.3 Å². The molecular formula is C22H21FN4O. The van der Waals surface area contributed by atoms with Crippen LogP contribution in [0.3, 0.4) is 0 Å². The predicted molar refractivity (Wildman–Crippen MR) is 108 cm³/mol. The molecule has 0 bridgehead atoms. The second-order valence-electron chi connectivity index (χ2n) is 7.52. The molecule has 6 heteroatoms. The van der Waals surface area contributed by atoms with Gasteiger partial charge in [0, 0.05) is 42.1 Å². The summed E-state index contributed by atoms with van der Waals surface area (Å²) in [5.74, 6) is -0.356. The lowest BCUT2D eigenvalue weighted by atomic mass is 10.0. The topological polar surface area (TPSA) is 51.3 Å². The molecule has 0 radical (unpaired) electrons. The van der Waals surface area contributed by atoms with Crippen LogP contribution in [0.25, 0.3) is 27.5 Å². The largest absolute Gasteiger partial charge is 0.315 e. The number of piperidine rings is 1. The molecule has 1 atom stereocenters. The average Bonchev–Trinajstić information content (AvgIpc) is 3.09. The van der Waals surface area contributed by atoms with Crippen LogP contribution >= 0.6 is 0 Å². The van der Waals surface area contributed by atoms with Crippen LogP contribution in [0, 0.1) is 12.7 Å². The van der Waals surface area contributed by atoms with Gasteiger partial charge < -0.3 is 14.3 Å². The Balaban J connectivity index is 1.59. The first-order valence-electron chi connectivity index (χ1n) is 9.61. The SMILES string of the molecule is Cc1cn2cc(-c3ccc4c(=O)n([C@@H]5CCCNC5)ccc4c3)cc(F)c2n1. The number of hydrogen-bond acceptors (Lipinski definition) is 3. The lowest BCUT2D eigenvalue weighted by molar-refractivity contribution is 0.365. The van der Waals surface area contributed by atoms with Crippen molar-refractivity contribution in [3.05, 3.63) is 70.8 Å². The van der Waals surface area contributed by atoms with Crippen LogP contribution in [0.1, 0.15) is 24.6 Å². The van der Waals surface area contributed by atoms with Crippen molar-refractivity contribution in [3.8, 4) is 11.1 Å². The highest BCUT2D eigenvalue weighted by Crippen LogP contribution is 2.26. The molecule has 28 heavy (non-hydrogen) atoms. The van der Waals surface area contributed by atoms with E-state index in [4.69, 9.17) is 0 Å². The van der Waals surface area contributed by atoms with E-state index in [1.54, 1.807) is 10.6 Å². The number of benzene rings is 1. The lowest BCUT2D eigenvalue weighted by Gasteiger charge is -2.25. The smallest absolute Gasteiger partial charge is 0.258 e. The van der Waals surface area contributed by atoms with Crippen LogP contribution in [0.15, 0.2) is 53.7 Å². The van der Waals surface area contributed by atoms with Gasteiger partial charge in [0.05, 0.1) is 5.69 Å². The lowest BCUT2D eigenvalue weighted by Crippen LogP contribution is -2.36. The molecule has 4 aromatic rings. The first-order valence-corrected chi connectivity index (χ1v) is 9.61. The fourth-order valence-electron chi connectivity index (χ4n) is 4.14. The minimum atomic E-state index is -0.356. The van der Waals surface area contributed by atoms with E-state index in [-0.39, 0.29) is 17.4 Å². The standard InChI is InChI=1S/C22H21FN4O/c1-14-12-26-13-17(10-20(23)21(26)25-14)15-4-5-19-16(9-15)6-8-27(22(19)28)18-3-2-7-24-11-18/h4-6,8-10,12-13,18,24H,2-3,7,11H2,1H3/t18-/m1/s1. The van der Waals surface area contributed by atoms with Gasteiger partial charge in [0.1, 0.15) is 0 Å². The normalized spacial score (nSPS) is 17.4. The molecule has 4 heterocycles. The van der Waals surface area contributed by atoms with E-state index < -0.39 is 0 Å². The van der Waals surface area contributed by atoms with Gasteiger partial charge in [-0.15, -0.1) is 0 Å². The summed E-state index contributed by atoms with van der Waals surface area (Å²) in [7, 11) is 0. The molecular weight excluding hydrogens is 355 g/mol. The first-order chi connectivity index (χ1) is 13.6. The third kappa shape index (κ3) is 2.81. The highest BCUT2D eigenvalue weighted by molar-refractivity contribution is 5.86. The fraction of sp³-hybridized carbons (Fsp3) is 0.273. The summed E-state index contributed by atoms with van der Waals surface area (Å²) in [6, 6.07) is 9.36. The second-order valence-corrected chi connectivity index (χ2v) is 7.52. The highest BCUT2D eigenvalue weighted by Gasteiger charge is 2.17. The molecule has 1 fully saturated rings. The fourth-order valence-corrected chi connectivity index (χ4v) is 4.14. The molecule has 142 valence electrons. The summed E-state index contributed by atoms with van der Waals surface area (Å²) >= 11 is 0. The summed E-state index contributed by atoms with van der Waals surface area (Å²) in [6.07, 6.45) is 7.65. The van der Waals surface area contributed by atoms with E-state index in [9.17, 15) is 9.18 Å². The highest BCUT2D eigenvalue weighted by atomic mass is 19.1. The van der Waals surface area contributed by atoms with Gasteiger partial charge in [-0.2, -0.15) is 0 Å². The van der Waals surface area contributed by atoms with Gasteiger partial charge in [-0.05, 0) is 61.5 Å². The van der Waals surface area contributed by atoms with E-state index in [0.29, 0.717) is 11.0 Å². The Morgan fingerprint density at radius 3 is 2.89 bits per heavy atom. The van der Waals surface area contributed by atoms with E-state index in [1.807, 2.05) is 48.1 Å². The van der Waals surface area contributed by atoms with E-state index in [2.05, 4.69) is 10.3 Å². The van der Waals surface area contributed by atoms with E-state index in [0.717, 1.165) is 48.1 Å². The Hall–Kier alpha value is -2.99. The third-order valence-corrected chi connectivity index (χ3v) is 5.56. The summed E-state index contributed by atoms with van der Waals surface area (Å²) in [4.78, 5) is 17.2. The van der Waals surface area contributed by atoms with Crippen LogP contribution < -0.4 is 10.9 Å². The van der Waals surface area contributed by atoms with Crippen molar-refractivity contribution in [2.24, 2.45) is 0 Å². The molecule has 5 rings (SSSR count). The average molecular weight is 376 g/mol. The number of rotatable bonds is 2. The van der Waals surface area contributed by atoms with Crippen LogP contribution in [-0.4, -0.2) is 27.0 Å². The Morgan fingerprint density at radius 1 is 1.18 bits per heavy atom. The monoisotopic (exact) mass is 376 g/mol.